The molecule has 0 aliphatic carbocycles. The van der Waals surface area contributed by atoms with Crippen LogP contribution >= 0.6 is 0 Å². The zero-order valence-electron chi connectivity index (χ0n) is 8.70. The SMILES string of the molecule is Cc1nccc2c1nnn2-c1ccccn1. The van der Waals surface area contributed by atoms with Crippen LogP contribution in [0.1, 0.15) is 5.69 Å². The predicted molar refractivity (Wildman–Crippen MR) is 59.2 cm³/mol. The molecule has 0 aliphatic rings. The fourth-order valence-electron chi connectivity index (χ4n) is 1.63. The highest BCUT2D eigenvalue weighted by Gasteiger charge is 2.08. The second-order valence-corrected chi connectivity index (χ2v) is 3.45. The Labute approximate surface area is 91.8 Å². The van der Waals surface area contributed by atoms with Gasteiger partial charge in [-0.05, 0) is 25.1 Å². The molecule has 0 bridgehead atoms. The highest BCUT2D eigenvalue weighted by Crippen LogP contribution is 2.15. The van der Waals surface area contributed by atoms with Crippen LogP contribution in [-0.2, 0) is 0 Å². The van der Waals surface area contributed by atoms with Crippen molar-refractivity contribution in [3.63, 3.8) is 0 Å². The van der Waals surface area contributed by atoms with Crippen molar-refractivity contribution in [3.05, 3.63) is 42.4 Å². The molecule has 5 nitrogen and oxygen atoms in total. The summed E-state index contributed by atoms with van der Waals surface area (Å²) in [6.07, 6.45) is 3.48. The van der Waals surface area contributed by atoms with Crippen molar-refractivity contribution >= 4 is 11.0 Å². The van der Waals surface area contributed by atoms with Crippen LogP contribution in [-0.4, -0.2) is 25.0 Å². The molecule has 16 heavy (non-hydrogen) atoms. The molecule has 0 aromatic carbocycles. The van der Waals surface area contributed by atoms with E-state index in [9.17, 15) is 0 Å². The van der Waals surface area contributed by atoms with E-state index < -0.39 is 0 Å². The van der Waals surface area contributed by atoms with E-state index in [1.54, 1.807) is 17.1 Å². The maximum absolute atomic E-state index is 4.24. The standard InChI is InChI=1S/C11H9N5/c1-8-11-9(5-7-12-8)16(15-14-11)10-4-2-3-6-13-10/h2-7H,1H3. The molecule has 0 saturated heterocycles. The maximum atomic E-state index is 4.24. The van der Waals surface area contributed by atoms with Gasteiger partial charge in [0.1, 0.15) is 5.52 Å². The van der Waals surface area contributed by atoms with Gasteiger partial charge in [-0.1, -0.05) is 11.3 Å². The van der Waals surface area contributed by atoms with Crippen LogP contribution in [0.4, 0.5) is 0 Å². The van der Waals surface area contributed by atoms with Crippen LogP contribution in [0.3, 0.4) is 0 Å². The summed E-state index contributed by atoms with van der Waals surface area (Å²) < 4.78 is 1.71. The highest BCUT2D eigenvalue weighted by molar-refractivity contribution is 5.77. The van der Waals surface area contributed by atoms with Gasteiger partial charge >= 0.3 is 0 Å². The molecule has 0 N–H and O–H groups in total. The summed E-state index contributed by atoms with van der Waals surface area (Å²) in [5.74, 6) is 0.760. The van der Waals surface area contributed by atoms with E-state index in [2.05, 4.69) is 20.3 Å². The minimum Gasteiger partial charge on any atom is -0.259 e. The largest absolute Gasteiger partial charge is 0.259 e. The van der Waals surface area contributed by atoms with Crippen molar-refractivity contribution in [1.82, 2.24) is 25.0 Å². The Morgan fingerprint density at radius 2 is 2.00 bits per heavy atom. The number of aromatic nitrogens is 5. The van der Waals surface area contributed by atoms with E-state index >= 15 is 0 Å². The first-order valence-corrected chi connectivity index (χ1v) is 4.95. The second-order valence-electron chi connectivity index (χ2n) is 3.45. The summed E-state index contributed by atoms with van der Waals surface area (Å²) in [5.41, 5.74) is 2.61. The van der Waals surface area contributed by atoms with Crippen molar-refractivity contribution in [2.24, 2.45) is 0 Å². The van der Waals surface area contributed by atoms with E-state index in [0.717, 1.165) is 22.5 Å². The lowest BCUT2D eigenvalue weighted by atomic mass is 10.3. The molecular weight excluding hydrogens is 202 g/mol. The van der Waals surface area contributed by atoms with Crippen LogP contribution < -0.4 is 0 Å². The summed E-state index contributed by atoms with van der Waals surface area (Å²) in [6.45, 7) is 1.92. The molecule has 0 spiro atoms. The van der Waals surface area contributed by atoms with Crippen molar-refractivity contribution in [1.29, 1.82) is 0 Å². The molecule has 0 saturated carbocycles. The van der Waals surface area contributed by atoms with Gasteiger partial charge in [0.15, 0.2) is 5.82 Å². The monoisotopic (exact) mass is 211 g/mol. The quantitative estimate of drug-likeness (QED) is 0.612. The fraction of sp³-hybridized carbons (Fsp3) is 0.0909. The molecule has 78 valence electrons. The van der Waals surface area contributed by atoms with E-state index in [1.807, 2.05) is 31.2 Å². The number of hydrogen-bond donors (Lipinski definition) is 0. The Hall–Kier alpha value is -2.30. The topological polar surface area (TPSA) is 56.5 Å². The summed E-state index contributed by atoms with van der Waals surface area (Å²) in [4.78, 5) is 8.42. The third kappa shape index (κ3) is 1.25. The first-order chi connectivity index (χ1) is 7.86. The minimum absolute atomic E-state index is 0.760. The Bertz CT molecular complexity index is 629. The van der Waals surface area contributed by atoms with E-state index in [0.29, 0.717) is 0 Å². The van der Waals surface area contributed by atoms with Crippen LogP contribution in [0.15, 0.2) is 36.7 Å². The first-order valence-electron chi connectivity index (χ1n) is 4.95. The molecule has 3 aromatic heterocycles. The van der Waals surface area contributed by atoms with Gasteiger partial charge in [-0.25, -0.2) is 4.98 Å². The van der Waals surface area contributed by atoms with Gasteiger partial charge < -0.3 is 0 Å². The van der Waals surface area contributed by atoms with Gasteiger partial charge in [-0.2, -0.15) is 4.68 Å². The summed E-state index contributed by atoms with van der Waals surface area (Å²) in [6, 6.07) is 7.57. The van der Waals surface area contributed by atoms with E-state index in [4.69, 9.17) is 0 Å². The average molecular weight is 211 g/mol. The molecule has 3 aromatic rings. The molecule has 5 heteroatoms. The van der Waals surface area contributed by atoms with Crippen molar-refractivity contribution in [2.45, 2.75) is 6.92 Å². The zero-order valence-corrected chi connectivity index (χ0v) is 8.70. The third-order valence-corrected chi connectivity index (χ3v) is 2.41. The first kappa shape index (κ1) is 8.96. The van der Waals surface area contributed by atoms with Crippen LogP contribution in [0, 0.1) is 6.92 Å². The Kier molecular flexibility index (Phi) is 1.89. The van der Waals surface area contributed by atoms with Gasteiger partial charge in [-0.3, -0.25) is 4.98 Å². The predicted octanol–water partition coefficient (Wildman–Crippen LogP) is 1.52. The summed E-state index contributed by atoms with van der Waals surface area (Å²) in [7, 11) is 0. The lowest BCUT2D eigenvalue weighted by molar-refractivity contribution is 0.801. The number of fused-ring (bicyclic) bond motifs is 1. The van der Waals surface area contributed by atoms with Gasteiger partial charge in [0.25, 0.3) is 0 Å². The maximum Gasteiger partial charge on any atom is 0.155 e. The Morgan fingerprint density at radius 1 is 1.06 bits per heavy atom. The van der Waals surface area contributed by atoms with Crippen molar-refractivity contribution in [2.75, 3.05) is 0 Å². The second kappa shape index (κ2) is 3.37. The molecule has 0 fully saturated rings. The number of aryl methyl sites for hydroxylation is 1. The fourth-order valence-corrected chi connectivity index (χ4v) is 1.63. The van der Waals surface area contributed by atoms with Gasteiger partial charge in [-0.15, -0.1) is 5.10 Å². The molecule has 0 atom stereocenters. The molecule has 0 amide bonds. The van der Waals surface area contributed by atoms with Crippen LogP contribution in [0.2, 0.25) is 0 Å². The normalized spacial score (nSPS) is 10.8. The molecule has 0 radical (unpaired) electrons. The highest BCUT2D eigenvalue weighted by atomic mass is 15.4. The van der Waals surface area contributed by atoms with Crippen molar-refractivity contribution in [3.8, 4) is 5.82 Å². The number of nitrogens with zero attached hydrogens (tertiary/aromatic N) is 5. The van der Waals surface area contributed by atoms with E-state index in [1.165, 1.54) is 0 Å². The Morgan fingerprint density at radius 3 is 2.81 bits per heavy atom. The number of hydrogen-bond acceptors (Lipinski definition) is 4. The average Bonchev–Trinajstić information content (AvgIpc) is 2.75. The molecule has 3 heterocycles. The van der Waals surface area contributed by atoms with Gasteiger partial charge in [0, 0.05) is 12.4 Å². The van der Waals surface area contributed by atoms with Crippen LogP contribution in [0.5, 0.6) is 0 Å². The summed E-state index contributed by atoms with van der Waals surface area (Å²) >= 11 is 0. The van der Waals surface area contributed by atoms with Gasteiger partial charge in [0.05, 0.1) is 11.2 Å². The van der Waals surface area contributed by atoms with Gasteiger partial charge in [0.2, 0.25) is 0 Å². The van der Waals surface area contributed by atoms with Crippen LogP contribution in [0.25, 0.3) is 16.9 Å². The van der Waals surface area contributed by atoms with E-state index in [-0.39, 0.29) is 0 Å². The molecule has 0 unspecified atom stereocenters. The lowest BCUT2D eigenvalue weighted by Gasteiger charge is -1.99. The molecule has 3 rings (SSSR count). The number of pyridine rings is 2. The molecule has 0 aliphatic heterocycles. The third-order valence-electron chi connectivity index (χ3n) is 2.41. The summed E-state index contributed by atoms with van der Waals surface area (Å²) in [5, 5.41) is 8.20. The zero-order chi connectivity index (χ0) is 11.0. The minimum atomic E-state index is 0.760. The number of rotatable bonds is 1. The Balaban J connectivity index is 2.30. The molecular formula is C11H9N5. The lowest BCUT2D eigenvalue weighted by Crippen LogP contribution is -1.98. The van der Waals surface area contributed by atoms with Crippen molar-refractivity contribution < 1.29 is 0 Å². The smallest absolute Gasteiger partial charge is 0.155 e.